The molecule has 2 aromatic carbocycles. The third kappa shape index (κ3) is 2.51. The molecule has 3 heteroatoms. The molecule has 0 aliphatic heterocycles. The molecule has 0 heterocycles. The third-order valence-corrected chi connectivity index (χ3v) is 3.10. The van der Waals surface area contributed by atoms with Gasteiger partial charge < -0.3 is 10.4 Å². The lowest BCUT2D eigenvalue weighted by molar-refractivity contribution is 0.475. The second-order valence-electron chi connectivity index (χ2n) is 4.30. The van der Waals surface area contributed by atoms with E-state index in [4.69, 9.17) is 0 Å². The molecule has 0 spiro atoms. The molecule has 0 aromatic heterocycles. The van der Waals surface area contributed by atoms with E-state index >= 15 is 0 Å². The molecule has 0 aliphatic rings. The molecule has 0 saturated heterocycles. The number of rotatable bonds is 3. The molecule has 0 amide bonds. The van der Waals surface area contributed by atoms with Crippen LogP contribution in [0.2, 0.25) is 0 Å². The molecule has 0 fully saturated rings. The van der Waals surface area contributed by atoms with Crippen molar-refractivity contribution in [1.29, 1.82) is 0 Å². The quantitative estimate of drug-likeness (QED) is 0.867. The van der Waals surface area contributed by atoms with Crippen molar-refractivity contribution in [3.63, 3.8) is 0 Å². The van der Waals surface area contributed by atoms with Crippen LogP contribution in [0.1, 0.15) is 18.5 Å². The smallest absolute Gasteiger partial charge is 0.131 e. The zero-order valence-electron chi connectivity index (χ0n) is 10.4. The van der Waals surface area contributed by atoms with Gasteiger partial charge in [0, 0.05) is 11.6 Å². The monoisotopic (exact) mass is 245 g/mol. The minimum Gasteiger partial charge on any atom is -0.508 e. The molecule has 2 rings (SSSR count). The Morgan fingerprint density at radius 3 is 2.39 bits per heavy atom. The molecular formula is C15H16FNO. The molecular weight excluding hydrogens is 229 g/mol. The van der Waals surface area contributed by atoms with Crippen LogP contribution in [-0.4, -0.2) is 12.2 Å². The SMILES string of the molecule is CNC(C)c1ccc(F)c(-c2ccc(O)cc2)c1. The largest absolute Gasteiger partial charge is 0.508 e. The van der Waals surface area contributed by atoms with Crippen LogP contribution >= 0.6 is 0 Å². The van der Waals surface area contributed by atoms with Crippen LogP contribution < -0.4 is 5.32 Å². The van der Waals surface area contributed by atoms with E-state index in [1.807, 2.05) is 20.0 Å². The van der Waals surface area contributed by atoms with Crippen molar-refractivity contribution < 1.29 is 9.50 Å². The number of phenolic OH excluding ortho intramolecular Hbond substituents is 1. The molecule has 1 atom stereocenters. The molecule has 0 bridgehead atoms. The maximum absolute atomic E-state index is 13.8. The minimum atomic E-state index is -0.257. The maximum Gasteiger partial charge on any atom is 0.131 e. The van der Waals surface area contributed by atoms with Gasteiger partial charge in [-0.2, -0.15) is 0 Å². The zero-order chi connectivity index (χ0) is 13.1. The van der Waals surface area contributed by atoms with E-state index in [1.165, 1.54) is 6.07 Å². The number of hydrogen-bond donors (Lipinski definition) is 2. The third-order valence-electron chi connectivity index (χ3n) is 3.10. The Balaban J connectivity index is 2.46. The van der Waals surface area contributed by atoms with Gasteiger partial charge >= 0.3 is 0 Å². The normalized spacial score (nSPS) is 12.4. The Morgan fingerprint density at radius 1 is 1.11 bits per heavy atom. The van der Waals surface area contributed by atoms with Gasteiger partial charge in [-0.05, 0) is 49.4 Å². The molecule has 94 valence electrons. The van der Waals surface area contributed by atoms with Crippen molar-refractivity contribution in [1.82, 2.24) is 5.32 Å². The van der Waals surface area contributed by atoms with Crippen molar-refractivity contribution in [2.24, 2.45) is 0 Å². The first-order valence-corrected chi connectivity index (χ1v) is 5.88. The standard InChI is InChI=1S/C15H16FNO/c1-10(17-2)12-5-8-15(16)14(9-12)11-3-6-13(18)7-4-11/h3-10,17-18H,1-2H3. The highest BCUT2D eigenvalue weighted by atomic mass is 19.1. The summed E-state index contributed by atoms with van der Waals surface area (Å²) in [6.07, 6.45) is 0. The first-order chi connectivity index (χ1) is 8.61. The second-order valence-corrected chi connectivity index (χ2v) is 4.30. The van der Waals surface area contributed by atoms with Gasteiger partial charge in [0.1, 0.15) is 11.6 Å². The van der Waals surface area contributed by atoms with Crippen LogP contribution in [0, 0.1) is 5.82 Å². The number of nitrogens with one attached hydrogen (secondary N) is 1. The predicted octanol–water partition coefficient (Wildman–Crippen LogP) is 3.48. The van der Waals surface area contributed by atoms with E-state index < -0.39 is 0 Å². The second kappa shape index (κ2) is 5.19. The Bertz CT molecular complexity index is 537. The summed E-state index contributed by atoms with van der Waals surface area (Å²) >= 11 is 0. The van der Waals surface area contributed by atoms with Crippen LogP contribution in [0.3, 0.4) is 0 Å². The van der Waals surface area contributed by atoms with E-state index in [0.29, 0.717) is 5.56 Å². The van der Waals surface area contributed by atoms with Gasteiger partial charge in [0.05, 0.1) is 0 Å². The summed E-state index contributed by atoms with van der Waals surface area (Å²) in [5.74, 6) is -0.0772. The summed E-state index contributed by atoms with van der Waals surface area (Å²) < 4.78 is 13.8. The van der Waals surface area contributed by atoms with Crippen LogP contribution in [0.15, 0.2) is 42.5 Å². The molecule has 2 aromatic rings. The Hall–Kier alpha value is -1.87. The Kier molecular flexibility index (Phi) is 3.63. The van der Waals surface area contributed by atoms with Crippen molar-refractivity contribution >= 4 is 0 Å². The number of benzene rings is 2. The summed E-state index contributed by atoms with van der Waals surface area (Å²) in [7, 11) is 1.87. The van der Waals surface area contributed by atoms with Crippen LogP contribution in [0.25, 0.3) is 11.1 Å². The lowest BCUT2D eigenvalue weighted by Gasteiger charge is -2.13. The first kappa shape index (κ1) is 12.6. The first-order valence-electron chi connectivity index (χ1n) is 5.88. The Labute approximate surface area is 106 Å². The molecule has 2 nitrogen and oxygen atoms in total. The van der Waals surface area contributed by atoms with Crippen LogP contribution in [-0.2, 0) is 0 Å². The fourth-order valence-corrected chi connectivity index (χ4v) is 1.84. The average Bonchev–Trinajstić information content (AvgIpc) is 2.39. The minimum absolute atomic E-state index is 0.168. The van der Waals surface area contributed by atoms with Crippen molar-refractivity contribution in [3.8, 4) is 16.9 Å². The van der Waals surface area contributed by atoms with E-state index in [1.54, 1.807) is 30.3 Å². The van der Waals surface area contributed by atoms with Crippen molar-refractivity contribution in [2.75, 3.05) is 7.05 Å². The number of hydrogen-bond acceptors (Lipinski definition) is 2. The summed E-state index contributed by atoms with van der Waals surface area (Å²) in [4.78, 5) is 0. The van der Waals surface area contributed by atoms with Crippen molar-refractivity contribution in [2.45, 2.75) is 13.0 Å². The van der Waals surface area contributed by atoms with E-state index in [-0.39, 0.29) is 17.6 Å². The van der Waals surface area contributed by atoms with E-state index in [0.717, 1.165) is 11.1 Å². The Morgan fingerprint density at radius 2 is 1.78 bits per heavy atom. The van der Waals surface area contributed by atoms with E-state index in [2.05, 4.69) is 5.32 Å². The zero-order valence-corrected chi connectivity index (χ0v) is 10.4. The summed E-state index contributed by atoms with van der Waals surface area (Å²) in [5.41, 5.74) is 2.34. The molecule has 1 unspecified atom stereocenters. The van der Waals surface area contributed by atoms with E-state index in [9.17, 15) is 9.50 Å². The molecule has 0 aliphatic carbocycles. The summed E-state index contributed by atoms with van der Waals surface area (Å²) in [5, 5.41) is 12.4. The number of phenols is 1. The van der Waals surface area contributed by atoms with Crippen molar-refractivity contribution in [3.05, 3.63) is 53.8 Å². The number of halogens is 1. The van der Waals surface area contributed by atoms with Crippen LogP contribution in [0.5, 0.6) is 5.75 Å². The highest BCUT2D eigenvalue weighted by molar-refractivity contribution is 5.65. The van der Waals surface area contributed by atoms with Gasteiger partial charge in [0.2, 0.25) is 0 Å². The maximum atomic E-state index is 13.8. The predicted molar refractivity (Wildman–Crippen MR) is 71.0 cm³/mol. The van der Waals surface area contributed by atoms with Gasteiger partial charge in [0.15, 0.2) is 0 Å². The van der Waals surface area contributed by atoms with Gasteiger partial charge in [-0.1, -0.05) is 18.2 Å². The molecule has 0 radical (unpaired) electrons. The summed E-state index contributed by atoms with van der Waals surface area (Å²) in [6.45, 7) is 2.02. The fraction of sp³-hybridized carbons (Fsp3) is 0.200. The van der Waals surface area contributed by atoms with Gasteiger partial charge in [-0.3, -0.25) is 0 Å². The van der Waals surface area contributed by atoms with Gasteiger partial charge in [-0.25, -0.2) is 4.39 Å². The lowest BCUT2D eigenvalue weighted by Crippen LogP contribution is -2.12. The van der Waals surface area contributed by atoms with Crippen LogP contribution in [0.4, 0.5) is 4.39 Å². The number of aromatic hydroxyl groups is 1. The fourth-order valence-electron chi connectivity index (χ4n) is 1.84. The van der Waals surface area contributed by atoms with Gasteiger partial charge in [0.25, 0.3) is 0 Å². The highest BCUT2D eigenvalue weighted by Gasteiger charge is 2.09. The topological polar surface area (TPSA) is 32.3 Å². The summed E-state index contributed by atoms with van der Waals surface area (Å²) in [6, 6.07) is 11.8. The highest BCUT2D eigenvalue weighted by Crippen LogP contribution is 2.27. The lowest BCUT2D eigenvalue weighted by atomic mass is 9.99. The average molecular weight is 245 g/mol. The molecule has 18 heavy (non-hydrogen) atoms. The van der Waals surface area contributed by atoms with Gasteiger partial charge in [-0.15, -0.1) is 0 Å². The molecule has 2 N–H and O–H groups in total. The molecule has 0 saturated carbocycles.